The second-order valence-electron chi connectivity index (χ2n) is 5.49. The van der Waals surface area contributed by atoms with Gasteiger partial charge in [0.2, 0.25) is 0 Å². The van der Waals surface area contributed by atoms with Crippen molar-refractivity contribution in [3.63, 3.8) is 0 Å². The molecule has 0 saturated heterocycles. The molecule has 0 bridgehead atoms. The van der Waals surface area contributed by atoms with Gasteiger partial charge in [0.25, 0.3) is 0 Å². The quantitative estimate of drug-likeness (QED) is 0.226. The molecule has 0 N–H and O–H groups in total. The number of hydrogen-bond donors (Lipinski definition) is 0. The van der Waals surface area contributed by atoms with Crippen molar-refractivity contribution in [3.8, 4) is 0 Å². The topological polar surface area (TPSA) is 66.9 Å². The van der Waals surface area contributed by atoms with Crippen LogP contribution in [0.5, 0.6) is 0 Å². The molecule has 0 aliphatic rings. The summed E-state index contributed by atoms with van der Waals surface area (Å²) in [5.74, 6) is 0.825. The van der Waals surface area contributed by atoms with Crippen LogP contribution >= 0.6 is 54.1 Å². The van der Waals surface area contributed by atoms with Gasteiger partial charge < -0.3 is 4.52 Å². The Morgan fingerprint density at radius 2 is 1.27 bits per heavy atom. The van der Waals surface area contributed by atoms with Crippen LogP contribution < -0.4 is 0 Å². The Kier molecular flexibility index (Phi) is 15.8. The maximum Gasteiger partial charge on any atom is 0.346 e. The Bertz CT molecular complexity index is 481. The van der Waals surface area contributed by atoms with E-state index in [1.807, 2.05) is 6.92 Å². The molecule has 0 aromatic carbocycles. The van der Waals surface area contributed by atoms with Crippen LogP contribution in [-0.4, -0.2) is 85.6 Å². The first-order valence-electron chi connectivity index (χ1n) is 8.51. The third-order valence-corrected chi connectivity index (χ3v) is 8.67. The number of hydrogen-bond acceptors (Lipinski definition) is 4. The first-order valence-corrected chi connectivity index (χ1v) is 14.0. The minimum absolute atomic E-state index is 0.0946. The molecule has 0 aromatic rings. The van der Waals surface area contributed by atoms with Crippen LogP contribution in [-0.2, 0) is 18.9 Å². The van der Waals surface area contributed by atoms with Crippen molar-refractivity contribution < 1.29 is 17.5 Å². The van der Waals surface area contributed by atoms with Crippen molar-refractivity contribution >= 4 is 63.9 Å². The van der Waals surface area contributed by atoms with Gasteiger partial charge in [-0.2, -0.15) is 0 Å². The van der Waals surface area contributed by atoms with E-state index in [-0.39, 0.29) is 67.8 Å². The second-order valence-corrected chi connectivity index (χ2v) is 11.7. The van der Waals surface area contributed by atoms with Gasteiger partial charge in [-0.25, -0.2) is 17.8 Å². The van der Waals surface area contributed by atoms with Gasteiger partial charge in [-0.05, 0) is 6.42 Å². The normalized spacial score (nSPS) is 13.0. The van der Waals surface area contributed by atoms with Crippen molar-refractivity contribution in [2.75, 3.05) is 67.8 Å². The lowest BCUT2D eigenvalue weighted by Gasteiger charge is -2.37. The summed E-state index contributed by atoms with van der Waals surface area (Å²) < 4.78 is 46.5. The molecule has 0 amide bonds. The Hall–Kier alpha value is 1.22. The third kappa shape index (κ3) is 10.1. The molecule has 6 nitrogen and oxygen atoms in total. The van der Waals surface area contributed by atoms with Gasteiger partial charge in [-0.15, -0.1) is 46.4 Å². The standard InChI is InChI=1S/C14H29Cl4N2O4PS/c1-2-3-13-26(22,23)14-12-24-25(21,19(8-4-15)9-5-16)20(10-6-17)11-7-18/h2-14H2,1H3. The van der Waals surface area contributed by atoms with Gasteiger partial charge in [-0.3, -0.25) is 4.57 Å². The predicted octanol–water partition coefficient (Wildman–Crippen LogP) is 3.89. The average molecular weight is 494 g/mol. The van der Waals surface area contributed by atoms with Crippen molar-refractivity contribution in [2.45, 2.75) is 19.8 Å². The number of rotatable bonds is 17. The number of alkyl halides is 4. The van der Waals surface area contributed by atoms with E-state index in [9.17, 15) is 13.0 Å². The van der Waals surface area contributed by atoms with E-state index in [1.165, 1.54) is 0 Å². The summed E-state index contributed by atoms with van der Waals surface area (Å²) in [7, 11) is -6.81. The SMILES string of the molecule is CCCCS(=O)(=O)CCOP(=O)(N(CCCl)CCCl)N(CCCl)CCCl. The number of nitrogens with zero attached hydrogens (tertiary/aromatic N) is 2. The molecule has 12 heteroatoms. The Morgan fingerprint density at radius 1 is 0.846 bits per heavy atom. The van der Waals surface area contributed by atoms with Crippen LogP contribution in [0.2, 0.25) is 0 Å². The first-order chi connectivity index (χ1) is 12.3. The lowest BCUT2D eigenvalue weighted by Crippen LogP contribution is -2.38. The summed E-state index contributed by atoms with van der Waals surface area (Å²) in [5, 5.41) is 0. The molecular formula is C14H29Cl4N2O4PS. The van der Waals surface area contributed by atoms with Crippen LogP contribution in [0, 0.1) is 0 Å². The van der Waals surface area contributed by atoms with Gasteiger partial charge in [0.1, 0.15) is 0 Å². The molecule has 0 atom stereocenters. The summed E-state index contributed by atoms with van der Waals surface area (Å²) in [6.07, 6.45) is 1.38. The highest BCUT2D eigenvalue weighted by Gasteiger charge is 2.38. The maximum atomic E-state index is 13.7. The molecule has 0 fully saturated rings. The molecule has 0 radical (unpaired) electrons. The minimum Gasteiger partial charge on any atom is -0.305 e. The largest absolute Gasteiger partial charge is 0.346 e. The highest BCUT2D eigenvalue weighted by atomic mass is 35.5. The van der Waals surface area contributed by atoms with Crippen molar-refractivity contribution in [1.82, 2.24) is 9.34 Å². The lowest BCUT2D eigenvalue weighted by molar-refractivity contribution is 0.226. The summed E-state index contributed by atoms with van der Waals surface area (Å²) >= 11 is 23.3. The van der Waals surface area contributed by atoms with Crippen LogP contribution in [0.4, 0.5) is 0 Å². The van der Waals surface area contributed by atoms with Crippen LogP contribution in [0.3, 0.4) is 0 Å². The maximum absolute atomic E-state index is 13.7. The van der Waals surface area contributed by atoms with Gasteiger partial charge in [0, 0.05) is 49.7 Å². The van der Waals surface area contributed by atoms with Crippen LogP contribution in [0.15, 0.2) is 0 Å². The predicted molar refractivity (Wildman–Crippen MR) is 113 cm³/mol. The molecular weight excluding hydrogens is 465 g/mol. The molecule has 0 saturated carbocycles. The van der Waals surface area contributed by atoms with Gasteiger partial charge in [-0.1, -0.05) is 13.3 Å². The second kappa shape index (κ2) is 15.1. The summed E-state index contributed by atoms with van der Waals surface area (Å²) in [6.45, 7) is 2.90. The van der Waals surface area contributed by atoms with Crippen LogP contribution in [0.25, 0.3) is 0 Å². The molecule has 158 valence electrons. The number of sulfone groups is 1. The molecule has 0 unspecified atom stereocenters. The number of unbranched alkanes of at least 4 members (excludes halogenated alkanes) is 1. The Labute approximate surface area is 177 Å². The molecule has 0 aliphatic carbocycles. The van der Waals surface area contributed by atoms with E-state index in [2.05, 4.69) is 0 Å². The van der Waals surface area contributed by atoms with Gasteiger partial charge in [0.15, 0.2) is 9.84 Å². The minimum atomic E-state index is -3.55. The molecule has 0 aliphatic heterocycles. The first kappa shape index (κ1) is 27.2. The Morgan fingerprint density at radius 3 is 1.62 bits per heavy atom. The summed E-state index contributed by atoms with van der Waals surface area (Å²) in [5.41, 5.74) is 0. The average Bonchev–Trinajstić information content (AvgIpc) is 2.59. The van der Waals surface area contributed by atoms with Gasteiger partial charge in [0.05, 0.1) is 18.1 Å². The molecule has 0 heterocycles. The monoisotopic (exact) mass is 492 g/mol. The Balaban J connectivity index is 5.32. The molecule has 0 spiro atoms. The zero-order valence-corrected chi connectivity index (χ0v) is 19.8. The fourth-order valence-corrected chi connectivity index (χ4v) is 7.32. The van der Waals surface area contributed by atoms with E-state index in [4.69, 9.17) is 50.9 Å². The van der Waals surface area contributed by atoms with E-state index in [0.29, 0.717) is 6.42 Å². The highest BCUT2D eigenvalue weighted by molar-refractivity contribution is 7.91. The fourth-order valence-electron chi connectivity index (χ4n) is 2.21. The molecule has 26 heavy (non-hydrogen) atoms. The smallest absolute Gasteiger partial charge is 0.305 e. The number of halogens is 4. The highest BCUT2D eigenvalue weighted by Crippen LogP contribution is 2.54. The molecule has 0 rings (SSSR count). The van der Waals surface area contributed by atoms with E-state index in [1.54, 1.807) is 9.34 Å². The van der Waals surface area contributed by atoms with Crippen molar-refractivity contribution in [2.24, 2.45) is 0 Å². The van der Waals surface area contributed by atoms with E-state index >= 15 is 0 Å². The molecule has 0 aromatic heterocycles. The van der Waals surface area contributed by atoms with E-state index in [0.717, 1.165) is 6.42 Å². The fraction of sp³-hybridized carbons (Fsp3) is 1.00. The zero-order chi connectivity index (χ0) is 20.1. The summed E-state index contributed by atoms with van der Waals surface area (Å²) in [6, 6.07) is 0. The van der Waals surface area contributed by atoms with Gasteiger partial charge >= 0.3 is 7.67 Å². The summed E-state index contributed by atoms with van der Waals surface area (Å²) in [4.78, 5) is 0. The lowest BCUT2D eigenvalue weighted by atomic mass is 10.4. The van der Waals surface area contributed by atoms with E-state index < -0.39 is 17.5 Å². The van der Waals surface area contributed by atoms with Crippen LogP contribution in [0.1, 0.15) is 19.8 Å². The third-order valence-electron chi connectivity index (χ3n) is 3.55. The zero-order valence-electron chi connectivity index (χ0n) is 15.1. The van der Waals surface area contributed by atoms with Crippen molar-refractivity contribution in [1.29, 1.82) is 0 Å². The van der Waals surface area contributed by atoms with Crippen molar-refractivity contribution in [3.05, 3.63) is 0 Å².